The molecule has 1 saturated heterocycles. The third kappa shape index (κ3) is 3.83. The first-order valence-electron chi connectivity index (χ1n) is 9.88. The average Bonchev–Trinajstić information content (AvgIpc) is 3.08. The van der Waals surface area contributed by atoms with E-state index >= 15 is 0 Å². The lowest BCUT2D eigenvalue weighted by atomic mass is 10.1. The Balaban J connectivity index is 1.46. The van der Waals surface area contributed by atoms with Crippen molar-refractivity contribution in [3.8, 4) is 0 Å². The van der Waals surface area contributed by atoms with Gasteiger partial charge in [0.05, 0.1) is 11.0 Å². The Bertz CT molecular complexity index is 952. The highest BCUT2D eigenvalue weighted by Crippen LogP contribution is 2.22. The summed E-state index contributed by atoms with van der Waals surface area (Å²) in [4.78, 5) is 28.4. The Morgan fingerprint density at radius 2 is 2.00 bits per heavy atom. The van der Waals surface area contributed by atoms with Gasteiger partial charge < -0.3 is 14.8 Å². The van der Waals surface area contributed by atoms with E-state index in [2.05, 4.69) is 34.0 Å². The van der Waals surface area contributed by atoms with Crippen molar-refractivity contribution in [3.05, 3.63) is 48.5 Å². The predicted octanol–water partition coefficient (Wildman–Crippen LogP) is 2.73. The number of hydrogen-bond acceptors (Lipinski definition) is 5. The third-order valence-electron chi connectivity index (χ3n) is 5.12. The first kappa shape index (κ1) is 18.4. The largest absolute Gasteiger partial charge is 0.350 e. The lowest BCUT2D eigenvalue weighted by Gasteiger charge is -2.33. The first-order chi connectivity index (χ1) is 13.6. The molecule has 7 heteroatoms. The lowest BCUT2D eigenvalue weighted by Crippen LogP contribution is -2.49. The minimum Gasteiger partial charge on any atom is -0.350 e. The molecular formula is C21H26N6O. The van der Waals surface area contributed by atoms with Crippen molar-refractivity contribution in [2.24, 2.45) is 0 Å². The predicted molar refractivity (Wildman–Crippen MR) is 109 cm³/mol. The zero-order valence-electron chi connectivity index (χ0n) is 16.4. The van der Waals surface area contributed by atoms with E-state index in [1.54, 1.807) is 12.4 Å². The number of carbonyl (C=O) groups excluding carboxylic acids is 1. The van der Waals surface area contributed by atoms with E-state index in [0.717, 1.165) is 48.7 Å². The molecule has 3 aromatic rings. The summed E-state index contributed by atoms with van der Waals surface area (Å²) in [5, 5.41) is 3.20. The zero-order valence-corrected chi connectivity index (χ0v) is 16.4. The van der Waals surface area contributed by atoms with Crippen LogP contribution in [0.4, 0.5) is 5.95 Å². The standard InChI is InChI=1S/C21H26N6O/c1-15(2)20-25-17-8-3-4-9-18(17)27(20)14-19(28)24-16-7-5-12-26(13-16)21-22-10-6-11-23-21/h3-4,6,8-11,15-16H,5,7,12-14H2,1-2H3,(H,24,28)/t16-/m1/s1. The van der Waals surface area contributed by atoms with Crippen LogP contribution in [-0.4, -0.2) is 44.6 Å². The fraction of sp³-hybridized carbons (Fsp3) is 0.429. The van der Waals surface area contributed by atoms with Gasteiger partial charge in [-0.1, -0.05) is 26.0 Å². The number of nitrogens with one attached hydrogen (secondary N) is 1. The summed E-state index contributed by atoms with van der Waals surface area (Å²) in [6.07, 6.45) is 5.48. The van der Waals surface area contributed by atoms with Crippen molar-refractivity contribution < 1.29 is 4.79 Å². The second-order valence-corrected chi connectivity index (χ2v) is 7.60. The summed E-state index contributed by atoms with van der Waals surface area (Å²) in [6, 6.07) is 9.90. The van der Waals surface area contributed by atoms with E-state index in [-0.39, 0.29) is 24.4 Å². The van der Waals surface area contributed by atoms with Gasteiger partial charge in [0.1, 0.15) is 12.4 Å². The number of hydrogen-bond donors (Lipinski definition) is 1. The molecule has 146 valence electrons. The molecule has 2 aromatic heterocycles. The van der Waals surface area contributed by atoms with E-state index in [9.17, 15) is 4.79 Å². The molecule has 28 heavy (non-hydrogen) atoms. The quantitative estimate of drug-likeness (QED) is 0.739. The number of anilines is 1. The molecule has 0 radical (unpaired) electrons. The lowest BCUT2D eigenvalue weighted by molar-refractivity contribution is -0.122. The summed E-state index contributed by atoms with van der Waals surface area (Å²) in [5.41, 5.74) is 1.94. The number of carbonyl (C=O) groups is 1. The Morgan fingerprint density at radius 3 is 2.79 bits per heavy atom. The molecule has 1 amide bonds. The topological polar surface area (TPSA) is 75.9 Å². The number of piperidine rings is 1. The fourth-order valence-corrected chi connectivity index (χ4v) is 3.85. The third-order valence-corrected chi connectivity index (χ3v) is 5.12. The van der Waals surface area contributed by atoms with Gasteiger partial charge >= 0.3 is 0 Å². The summed E-state index contributed by atoms with van der Waals surface area (Å²) >= 11 is 0. The van der Waals surface area contributed by atoms with Gasteiger partial charge in [-0.2, -0.15) is 0 Å². The molecule has 4 rings (SSSR count). The SMILES string of the molecule is CC(C)c1nc2ccccc2n1CC(=O)N[C@@H]1CCCN(c2ncccn2)C1. The van der Waals surface area contributed by atoms with E-state index < -0.39 is 0 Å². The van der Waals surface area contributed by atoms with Gasteiger partial charge in [0.2, 0.25) is 11.9 Å². The molecule has 0 saturated carbocycles. The summed E-state index contributed by atoms with van der Waals surface area (Å²) < 4.78 is 2.04. The monoisotopic (exact) mass is 378 g/mol. The van der Waals surface area contributed by atoms with Crippen molar-refractivity contribution in [1.29, 1.82) is 0 Å². The van der Waals surface area contributed by atoms with Gasteiger partial charge in [0.25, 0.3) is 0 Å². The normalized spacial score (nSPS) is 17.2. The summed E-state index contributed by atoms with van der Waals surface area (Å²) in [5.74, 6) is 1.94. The number of amides is 1. The van der Waals surface area contributed by atoms with E-state index in [1.165, 1.54) is 0 Å². The zero-order chi connectivity index (χ0) is 19.5. The van der Waals surface area contributed by atoms with Crippen LogP contribution in [0.2, 0.25) is 0 Å². The molecule has 0 aliphatic carbocycles. The smallest absolute Gasteiger partial charge is 0.240 e. The molecule has 0 bridgehead atoms. The number of benzene rings is 1. The Kier molecular flexibility index (Phi) is 5.23. The van der Waals surface area contributed by atoms with Gasteiger partial charge in [-0.05, 0) is 31.0 Å². The Hall–Kier alpha value is -2.96. The highest BCUT2D eigenvalue weighted by Gasteiger charge is 2.24. The Morgan fingerprint density at radius 1 is 1.21 bits per heavy atom. The number of para-hydroxylation sites is 2. The minimum absolute atomic E-state index is 0.0193. The summed E-state index contributed by atoms with van der Waals surface area (Å²) in [7, 11) is 0. The number of aromatic nitrogens is 4. The van der Waals surface area contributed by atoms with Crippen molar-refractivity contribution in [3.63, 3.8) is 0 Å². The molecule has 7 nitrogen and oxygen atoms in total. The Labute approximate surface area is 164 Å². The van der Waals surface area contributed by atoms with Gasteiger partial charge in [-0.15, -0.1) is 0 Å². The average molecular weight is 378 g/mol. The van der Waals surface area contributed by atoms with E-state index in [1.807, 2.05) is 34.9 Å². The van der Waals surface area contributed by atoms with Crippen LogP contribution in [-0.2, 0) is 11.3 Å². The van der Waals surface area contributed by atoms with Crippen molar-refractivity contribution >= 4 is 22.9 Å². The highest BCUT2D eigenvalue weighted by molar-refractivity contribution is 5.81. The molecule has 3 heterocycles. The van der Waals surface area contributed by atoms with Crippen LogP contribution in [0.5, 0.6) is 0 Å². The minimum atomic E-state index is 0.0193. The molecule has 1 N–H and O–H groups in total. The van der Waals surface area contributed by atoms with Crippen molar-refractivity contribution in [1.82, 2.24) is 24.8 Å². The molecule has 1 atom stereocenters. The molecule has 1 aromatic carbocycles. The van der Waals surface area contributed by atoms with Crippen LogP contribution >= 0.6 is 0 Å². The van der Waals surface area contributed by atoms with Gasteiger partial charge in [0, 0.05) is 37.4 Å². The number of rotatable bonds is 5. The van der Waals surface area contributed by atoms with Crippen LogP contribution in [0.15, 0.2) is 42.7 Å². The molecule has 0 unspecified atom stereocenters. The molecule has 1 fully saturated rings. The highest BCUT2D eigenvalue weighted by atomic mass is 16.2. The van der Waals surface area contributed by atoms with Crippen LogP contribution < -0.4 is 10.2 Å². The maximum absolute atomic E-state index is 12.8. The van der Waals surface area contributed by atoms with Crippen molar-refractivity contribution in [2.45, 2.75) is 45.2 Å². The van der Waals surface area contributed by atoms with E-state index in [4.69, 9.17) is 4.98 Å². The summed E-state index contributed by atoms with van der Waals surface area (Å²) in [6.45, 7) is 6.15. The maximum atomic E-state index is 12.8. The van der Waals surface area contributed by atoms with Gasteiger partial charge in [-0.25, -0.2) is 15.0 Å². The number of fused-ring (bicyclic) bond motifs is 1. The fourth-order valence-electron chi connectivity index (χ4n) is 3.85. The van der Waals surface area contributed by atoms with Crippen LogP contribution in [0, 0.1) is 0 Å². The maximum Gasteiger partial charge on any atom is 0.240 e. The second kappa shape index (κ2) is 7.96. The molecule has 0 spiro atoms. The van der Waals surface area contributed by atoms with Gasteiger partial charge in [-0.3, -0.25) is 4.79 Å². The molecular weight excluding hydrogens is 352 g/mol. The molecule has 1 aliphatic heterocycles. The van der Waals surface area contributed by atoms with Crippen LogP contribution in [0.1, 0.15) is 38.4 Å². The van der Waals surface area contributed by atoms with Gasteiger partial charge in [0.15, 0.2) is 0 Å². The molecule has 1 aliphatic rings. The van der Waals surface area contributed by atoms with E-state index in [0.29, 0.717) is 0 Å². The second-order valence-electron chi connectivity index (χ2n) is 7.60. The number of imidazole rings is 1. The first-order valence-corrected chi connectivity index (χ1v) is 9.88. The van der Waals surface area contributed by atoms with Crippen LogP contribution in [0.3, 0.4) is 0 Å². The number of nitrogens with zero attached hydrogens (tertiary/aromatic N) is 5. The van der Waals surface area contributed by atoms with Crippen LogP contribution in [0.25, 0.3) is 11.0 Å². The van der Waals surface area contributed by atoms with Crippen molar-refractivity contribution in [2.75, 3.05) is 18.0 Å².